The second kappa shape index (κ2) is 2.77. The molecule has 0 aromatic rings. The Kier molecular flexibility index (Phi) is 1.79. The lowest BCUT2D eigenvalue weighted by Gasteiger charge is -2.12. The lowest BCUT2D eigenvalue weighted by Crippen LogP contribution is -1.93. The molecule has 0 spiro atoms. The molecule has 56 valence electrons. The smallest absolute Gasteiger partial charge is 0.0230 e. The summed E-state index contributed by atoms with van der Waals surface area (Å²) in [7, 11) is 0. The molecule has 10 heavy (non-hydrogen) atoms. The first-order valence-electron chi connectivity index (χ1n) is 4.65. The molecule has 2 saturated carbocycles. The Hall–Kier alpha value is -0.260. The molecular weight excluding hydrogens is 120 g/mol. The molecular formula is C10H16. The Morgan fingerprint density at radius 1 is 1.00 bits per heavy atom. The fraction of sp³-hybridized carbons (Fsp3) is 0.800. The van der Waals surface area contributed by atoms with Crippen LogP contribution in [0.4, 0.5) is 0 Å². The van der Waals surface area contributed by atoms with Crippen molar-refractivity contribution in [3.8, 4) is 0 Å². The van der Waals surface area contributed by atoms with Crippen LogP contribution in [0.15, 0.2) is 11.6 Å². The highest BCUT2D eigenvalue weighted by molar-refractivity contribution is 5.09. The highest BCUT2D eigenvalue weighted by Gasteiger charge is 2.19. The van der Waals surface area contributed by atoms with Gasteiger partial charge in [-0.05, 0) is 44.4 Å². The molecule has 0 N–H and O–H groups in total. The van der Waals surface area contributed by atoms with Crippen molar-refractivity contribution in [2.75, 3.05) is 0 Å². The lowest BCUT2D eigenvalue weighted by molar-refractivity contribution is 0.595. The lowest BCUT2D eigenvalue weighted by atomic mass is 9.94. The molecule has 0 bridgehead atoms. The summed E-state index contributed by atoms with van der Waals surface area (Å²) in [6.45, 7) is 0. The third kappa shape index (κ3) is 1.62. The van der Waals surface area contributed by atoms with Gasteiger partial charge in [0.25, 0.3) is 0 Å². The van der Waals surface area contributed by atoms with E-state index in [1.165, 1.54) is 44.9 Å². The van der Waals surface area contributed by atoms with E-state index < -0.39 is 0 Å². The van der Waals surface area contributed by atoms with Gasteiger partial charge in [-0.15, -0.1) is 0 Å². The van der Waals surface area contributed by atoms with E-state index in [9.17, 15) is 0 Å². The van der Waals surface area contributed by atoms with Gasteiger partial charge in [-0.25, -0.2) is 0 Å². The summed E-state index contributed by atoms with van der Waals surface area (Å²) < 4.78 is 0. The number of hydrogen-bond donors (Lipinski definition) is 0. The predicted octanol–water partition coefficient (Wildman–Crippen LogP) is 3.29. The van der Waals surface area contributed by atoms with Gasteiger partial charge in [-0.3, -0.25) is 0 Å². The van der Waals surface area contributed by atoms with E-state index in [4.69, 9.17) is 0 Å². The Labute approximate surface area is 63.3 Å². The van der Waals surface area contributed by atoms with Crippen molar-refractivity contribution in [1.29, 1.82) is 0 Å². The molecule has 0 aliphatic heterocycles. The predicted molar refractivity (Wildman–Crippen MR) is 43.9 cm³/mol. The van der Waals surface area contributed by atoms with Crippen molar-refractivity contribution in [1.82, 2.24) is 0 Å². The molecule has 0 heterocycles. The van der Waals surface area contributed by atoms with E-state index in [2.05, 4.69) is 6.08 Å². The zero-order valence-electron chi connectivity index (χ0n) is 6.60. The first-order valence-corrected chi connectivity index (χ1v) is 4.65. The minimum absolute atomic E-state index is 1.01. The fourth-order valence-corrected chi connectivity index (χ4v) is 1.77. The molecule has 0 radical (unpaired) electrons. The molecule has 0 unspecified atom stereocenters. The first-order chi connectivity index (χ1) is 4.95. The summed E-state index contributed by atoms with van der Waals surface area (Å²) in [6.07, 6.45) is 12.7. The van der Waals surface area contributed by atoms with Gasteiger partial charge in [0, 0.05) is 0 Å². The molecule has 2 rings (SSSR count). The van der Waals surface area contributed by atoms with Gasteiger partial charge < -0.3 is 0 Å². The molecule has 2 aliphatic carbocycles. The van der Waals surface area contributed by atoms with Crippen molar-refractivity contribution >= 4 is 0 Å². The molecule has 2 aliphatic rings. The number of hydrogen-bond acceptors (Lipinski definition) is 0. The molecule has 0 saturated heterocycles. The van der Waals surface area contributed by atoms with Crippen LogP contribution in [0.3, 0.4) is 0 Å². The van der Waals surface area contributed by atoms with Crippen LogP contribution in [0.5, 0.6) is 0 Å². The topological polar surface area (TPSA) is 0 Å². The van der Waals surface area contributed by atoms with Crippen LogP contribution in [-0.2, 0) is 0 Å². The first kappa shape index (κ1) is 6.45. The van der Waals surface area contributed by atoms with Crippen molar-refractivity contribution < 1.29 is 0 Å². The van der Waals surface area contributed by atoms with Crippen molar-refractivity contribution in [3.63, 3.8) is 0 Å². The Bertz CT molecular complexity index is 132. The van der Waals surface area contributed by atoms with Gasteiger partial charge in [-0.1, -0.05) is 18.1 Å². The van der Waals surface area contributed by atoms with Gasteiger partial charge in [0.05, 0.1) is 0 Å². The second-order valence-corrected chi connectivity index (χ2v) is 3.72. The normalized spacial score (nSPS) is 26.6. The second-order valence-electron chi connectivity index (χ2n) is 3.72. The number of rotatable bonds is 1. The van der Waals surface area contributed by atoms with Gasteiger partial charge in [0.2, 0.25) is 0 Å². The van der Waals surface area contributed by atoms with Crippen LogP contribution in [-0.4, -0.2) is 0 Å². The highest BCUT2D eigenvalue weighted by Crippen LogP contribution is 2.34. The van der Waals surface area contributed by atoms with Gasteiger partial charge in [0.15, 0.2) is 0 Å². The Balaban J connectivity index is 1.88. The summed E-state index contributed by atoms with van der Waals surface area (Å²) in [5.41, 5.74) is 1.77. The summed E-state index contributed by atoms with van der Waals surface area (Å²) in [5.74, 6) is 1.01. The fourth-order valence-electron chi connectivity index (χ4n) is 1.77. The molecule has 0 nitrogen and oxygen atoms in total. The van der Waals surface area contributed by atoms with Crippen LogP contribution in [0.25, 0.3) is 0 Å². The third-order valence-electron chi connectivity index (χ3n) is 2.59. The van der Waals surface area contributed by atoms with Crippen LogP contribution in [0.1, 0.15) is 44.9 Å². The molecule has 0 heteroatoms. The largest absolute Gasteiger partial charge is 0.0822 e. The quantitative estimate of drug-likeness (QED) is 0.485. The van der Waals surface area contributed by atoms with Crippen molar-refractivity contribution in [2.45, 2.75) is 44.9 Å². The van der Waals surface area contributed by atoms with Crippen molar-refractivity contribution in [2.24, 2.45) is 5.92 Å². The van der Waals surface area contributed by atoms with E-state index in [1.54, 1.807) is 5.57 Å². The van der Waals surface area contributed by atoms with E-state index in [-0.39, 0.29) is 0 Å². The van der Waals surface area contributed by atoms with E-state index in [0.717, 1.165) is 5.92 Å². The van der Waals surface area contributed by atoms with E-state index in [0.29, 0.717) is 0 Å². The summed E-state index contributed by atoms with van der Waals surface area (Å²) in [6, 6.07) is 0. The molecule has 2 fully saturated rings. The zero-order chi connectivity index (χ0) is 6.81. The minimum Gasteiger partial charge on any atom is -0.0822 e. The maximum absolute atomic E-state index is 2.55. The van der Waals surface area contributed by atoms with Crippen LogP contribution in [0, 0.1) is 5.92 Å². The van der Waals surface area contributed by atoms with Gasteiger partial charge in [-0.2, -0.15) is 0 Å². The zero-order valence-corrected chi connectivity index (χ0v) is 6.60. The molecule has 0 amide bonds. The monoisotopic (exact) mass is 136 g/mol. The maximum Gasteiger partial charge on any atom is -0.0230 e. The van der Waals surface area contributed by atoms with E-state index >= 15 is 0 Å². The average Bonchev–Trinajstić information content (AvgIpc) is 2.74. The van der Waals surface area contributed by atoms with Gasteiger partial charge >= 0.3 is 0 Å². The number of allylic oxidation sites excluding steroid dienone is 2. The van der Waals surface area contributed by atoms with Crippen LogP contribution in [0.2, 0.25) is 0 Å². The Morgan fingerprint density at radius 3 is 2.30 bits per heavy atom. The maximum atomic E-state index is 2.55. The Morgan fingerprint density at radius 2 is 1.70 bits per heavy atom. The summed E-state index contributed by atoms with van der Waals surface area (Å²) in [4.78, 5) is 0. The van der Waals surface area contributed by atoms with Crippen LogP contribution < -0.4 is 0 Å². The standard InChI is InChI=1S/C10H16/c1-2-4-9(5-3-1)8-10-6-7-10/h8,10H,1-7H2. The minimum atomic E-state index is 1.01. The molecule has 0 aromatic heterocycles. The third-order valence-corrected chi connectivity index (χ3v) is 2.59. The molecule has 0 atom stereocenters. The van der Waals surface area contributed by atoms with Crippen LogP contribution >= 0.6 is 0 Å². The van der Waals surface area contributed by atoms with Crippen molar-refractivity contribution in [3.05, 3.63) is 11.6 Å². The average molecular weight is 136 g/mol. The van der Waals surface area contributed by atoms with Gasteiger partial charge in [0.1, 0.15) is 0 Å². The highest BCUT2D eigenvalue weighted by atomic mass is 14.2. The SMILES string of the molecule is C(=C1CCCCC1)C1CC1. The molecule has 0 aromatic carbocycles. The summed E-state index contributed by atoms with van der Waals surface area (Å²) in [5, 5.41) is 0. The van der Waals surface area contributed by atoms with E-state index in [1.807, 2.05) is 0 Å². The summed E-state index contributed by atoms with van der Waals surface area (Å²) >= 11 is 0.